The minimum Gasteiger partial charge on any atom is -0.508 e. The molecule has 5 rings (SSSR count). The summed E-state index contributed by atoms with van der Waals surface area (Å²) in [7, 11) is 0. The number of anilines is 1. The molecule has 0 spiro atoms. The maximum Gasteiger partial charge on any atom is 0.254 e. The number of hydrogen-bond acceptors (Lipinski definition) is 5. The number of benzene rings is 2. The first-order valence-corrected chi connectivity index (χ1v) is 10.3. The molecule has 1 saturated heterocycles. The Morgan fingerprint density at radius 2 is 1.77 bits per heavy atom. The zero-order valence-corrected chi connectivity index (χ0v) is 17.2. The lowest BCUT2D eigenvalue weighted by molar-refractivity contribution is 0.0746. The van der Waals surface area contributed by atoms with Gasteiger partial charge in [-0.25, -0.2) is 9.97 Å². The number of amides is 1. The van der Waals surface area contributed by atoms with Crippen molar-refractivity contribution in [3.05, 3.63) is 71.9 Å². The van der Waals surface area contributed by atoms with Gasteiger partial charge in [-0.15, -0.1) is 0 Å². The summed E-state index contributed by atoms with van der Waals surface area (Å²) in [6.45, 7) is 4.82. The molecule has 1 fully saturated rings. The van der Waals surface area contributed by atoms with Gasteiger partial charge in [0.1, 0.15) is 17.4 Å². The summed E-state index contributed by atoms with van der Waals surface area (Å²) in [5.74, 6) is 1.83. The molecule has 1 aliphatic rings. The molecule has 2 N–H and O–H groups in total. The van der Waals surface area contributed by atoms with Gasteiger partial charge in [0.05, 0.1) is 11.0 Å². The molecule has 7 heteroatoms. The van der Waals surface area contributed by atoms with E-state index in [0.29, 0.717) is 24.5 Å². The fourth-order valence-corrected chi connectivity index (χ4v) is 3.96. The number of nitrogens with zero attached hydrogens (tertiary/aromatic N) is 4. The second-order valence-corrected chi connectivity index (χ2v) is 7.78. The van der Waals surface area contributed by atoms with Crippen LogP contribution in [-0.2, 0) is 0 Å². The standard InChI is InChI=1S/C24H23N5O2/c1-16-4-2-7-22(25-16)28-10-12-29(13-11-28)24(31)18-8-9-20-21(15-18)27-23(26-20)17-5-3-6-19(30)14-17/h2-9,14-15,30H,10-13H2,1H3,(H,26,27). The van der Waals surface area contributed by atoms with E-state index in [4.69, 9.17) is 0 Å². The number of phenolic OH excluding ortho intramolecular Hbond substituents is 1. The molecule has 0 radical (unpaired) electrons. The first-order chi connectivity index (χ1) is 15.1. The average Bonchev–Trinajstić information content (AvgIpc) is 3.22. The molecule has 0 bridgehead atoms. The highest BCUT2D eigenvalue weighted by Crippen LogP contribution is 2.24. The monoisotopic (exact) mass is 413 g/mol. The molecule has 31 heavy (non-hydrogen) atoms. The van der Waals surface area contributed by atoms with Gasteiger partial charge in [-0.05, 0) is 49.4 Å². The maximum atomic E-state index is 13.1. The van der Waals surface area contributed by atoms with Crippen molar-refractivity contribution in [2.75, 3.05) is 31.1 Å². The quantitative estimate of drug-likeness (QED) is 0.536. The minimum atomic E-state index is 0.0206. The predicted molar refractivity (Wildman–Crippen MR) is 120 cm³/mol. The van der Waals surface area contributed by atoms with Crippen molar-refractivity contribution in [3.63, 3.8) is 0 Å². The predicted octanol–water partition coefficient (Wildman–Crippen LogP) is 3.60. The van der Waals surface area contributed by atoms with E-state index in [1.807, 2.05) is 54.3 Å². The number of carbonyl (C=O) groups excluding carboxylic acids is 1. The van der Waals surface area contributed by atoms with Gasteiger partial charge in [-0.3, -0.25) is 4.79 Å². The summed E-state index contributed by atoms with van der Waals surface area (Å²) >= 11 is 0. The molecule has 0 atom stereocenters. The van der Waals surface area contributed by atoms with Crippen LogP contribution >= 0.6 is 0 Å². The van der Waals surface area contributed by atoms with Crippen LogP contribution in [0, 0.1) is 6.92 Å². The highest BCUT2D eigenvalue weighted by atomic mass is 16.3. The summed E-state index contributed by atoms with van der Waals surface area (Å²) in [6.07, 6.45) is 0. The number of fused-ring (bicyclic) bond motifs is 1. The second kappa shape index (κ2) is 7.75. The second-order valence-electron chi connectivity index (χ2n) is 7.78. The Morgan fingerprint density at radius 3 is 2.55 bits per heavy atom. The van der Waals surface area contributed by atoms with Crippen molar-refractivity contribution < 1.29 is 9.90 Å². The van der Waals surface area contributed by atoms with Gasteiger partial charge in [0.25, 0.3) is 5.91 Å². The van der Waals surface area contributed by atoms with Crippen LogP contribution in [0.3, 0.4) is 0 Å². The summed E-state index contributed by atoms with van der Waals surface area (Å²) in [6, 6.07) is 18.5. The van der Waals surface area contributed by atoms with Crippen LogP contribution < -0.4 is 4.90 Å². The van der Waals surface area contributed by atoms with E-state index < -0.39 is 0 Å². The van der Waals surface area contributed by atoms with Gasteiger partial charge in [-0.2, -0.15) is 0 Å². The number of aromatic hydroxyl groups is 1. The van der Waals surface area contributed by atoms with Crippen molar-refractivity contribution in [1.82, 2.24) is 19.9 Å². The number of aromatic amines is 1. The van der Waals surface area contributed by atoms with Gasteiger partial charge in [0, 0.05) is 43.0 Å². The van der Waals surface area contributed by atoms with E-state index in [0.717, 1.165) is 41.2 Å². The summed E-state index contributed by atoms with van der Waals surface area (Å²) < 4.78 is 0. The molecule has 3 heterocycles. The zero-order chi connectivity index (χ0) is 21.4. The number of imidazole rings is 1. The molecule has 2 aromatic carbocycles. The Hall–Kier alpha value is -3.87. The lowest BCUT2D eigenvalue weighted by Crippen LogP contribution is -2.49. The third-order valence-corrected chi connectivity index (χ3v) is 5.61. The molecule has 1 aliphatic heterocycles. The largest absolute Gasteiger partial charge is 0.508 e. The van der Waals surface area contributed by atoms with E-state index in [2.05, 4.69) is 19.9 Å². The van der Waals surface area contributed by atoms with Crippen molar-refractivity contribution in [3.8, 4) is 17.1 Å². The van der Waals surface area contributed by atoms with E-state index in [1.54, 1.807) is 18.2 Å². The Labute approximate surface area is 180 Å². The summed E-state index contributed by atoms with van der Waals surface area (Å²) in [4.78, 5) is 29.6. The van der Waals surface area contributed by atoms with Crippen LogP contribution in [0.1, 0.15) is 16.1 Å². The minimum absolute atomic E-state index is 0.0206. The molecular weight excluding hydrogens is 390 g/mol. The number of carbonyl (C=O) groups is 1. The fraction of sp³-hybridized carbons (Fsp3) is 0.208. The van der Waals surface area contributed by atoms with E-state index in [-0.39, 0.29) is 11.7 Å². The Balaban J connectivity index is 1.32. The van der Waals surface area contributed by atoms with E-state index >= 15 is 0 Å². The zero-order valence-electron chi connectivity index (χ0n) is 17.2. The molecular formula is C24H23N5O2. The van der Waals surface area contributed by atoms with Crippen LogP contribution in [0.2, 0.25) is 0 Å². The molecule has 0 saturated carbocycles. The third-order valence-electron chi connectivity index (χ3n) is 5.61. The number of H-pyrrole nitrogens is 1. The van der Waals surface area contributed by atoms with Crippen LogP contribution in [0.15, 0.2) is 60.7 Å². The average molecular weight is 413 g/mol. The summed E-state index contributed by atoms with van der Waals surface area (Å²) in [5.41, 5.74) is 4.01. The molecule has 0 aliphatic carbocycles. The first-order valence-electron chi connectivity index (χ1n) is 10.3. The topological polar surface area (TPSA) is 85.4 Å². The highest BCUT2D eigenvalue weighted by Gasteiger charge is 2.23. The summed E-state index contributed by atoms with van der Waals surface area (Å²) in [5, 5.41) is 9.72. The van der Waals surface area contributed by atoms with Crippen LogP contribution in [0.4, 0.5) is 5.82 Å². The first kappa shape index (κ1) is 19.1. The van der Waals surface area contributed by atoms with Crippen molar-refractivity contribution in [2.24, 2.45) is 0 Å². The maximum absolute atomic E-state index is 13.1. The fourth-order valence-electron chi connectivity index (χ4n) is 3.96. The van der Waals surface area contributed by atoms with Gasteiger partial charge < -0.3 is 19.9 Å². The lowest BCUT2D eigenvalue weighted by atomic mass is 10.1. The number of hydrogen-bond donors (Lipinski definition) is 2. The Bertz CT molecular complexity index is 1260. The SMILES string of the molecule is Cc1cccc(N2CCN(C(=O)c3ccc4nc(-c5cccc(O)c5)[nH]c4c3)CC2)n1. The Kier molecular flexibility index (Phi) is 4.78. The molecule has 156 valence electrons. The van der Waals surface area contributed by atoms with E-state index in [1.165, 1.54) is 0 Å². The van der Waals surface area contributed by atoms with Crippen molar-refractivity contribution >= 4 is 22.8 Å². The normalized spacial score (nSPS) is 14.2. The van der Waals surface area contributed by atoms with Crippen molar-refractivity contribution in [2.45, 2.75) is 6.92 Å². The number of aromatic nitrogens is 3. The van der Waals surface area contributed by atoms with Gasteiger partial charge in [0.15, 0.2) is 0 Å². The molecule has 1 amide bonds. The third kappa shape index (κ3) is 3.82. The highest BCUT2D eigenvalue weighted by molar-refractivity contribution is 5.97. The van der Waals surface area contributed by atoms with Gasteiger partial charge in [-0.1, -0.05) is 18.2 Å². The molecule has 4 aromatic rings. The smallest absolute Gasteiger partial charge is 0.254 e. The Morgan fingerprint density at radius 1 is 0.968 bits per heavy atom. The van der Waals surface area contributed by atoms with Gasteiger partial charge in [0.2, 0.25) is 0 Å². The number of nitrogens with one attached hydrogen (secondary N) is 1. The number of phenols is 1. The van der Waals surface area contributed by atoms with Gasteiger partial charge >= 0.3 is 0 Å². The number of rotatable bonds is 3. The number of aryl methyl sites for hydroxylation is 1. The lowest BCUT2D eigenvalue weighted by Gasteiger charge is -2.35. The van der Waals surface area contributed by atoms with Crippen LogP contribution in [-0.4, -0.2) is 57.0 Å². The van der Waals surface area contributed by atoms with Crippen LogP contribution in [0.25, 0.3) is 22.4 Å². The molecule has 0 unspecified atom stereocenters. The number of pyridine rings is 1. The number of piperazine rings is 1. The van der Waals surface area contributed by atoms with Crippen LogP contribution in [0.5, 0.6) is 5.75 Å². The van der Waals surface area contributed by atoms with Crippen molar-refractivity contribution in [1.29, 1.82) is 0 Å². The molecule has 7 nitrogen and oxygen atoms in total. The van der Waals surface area contributed by atoms with E-state index in [9.17, 15) is 9.90 Å². The molecule has 2 aromatic heterocycles.